The number of nitrogens with zero attached hydrogens (tertiary/aromatic N) is 2. The van der Waals surface area contributed by atoms with Gasteiger partial charge in [-0.25, -0.2) is 4.98 Å². The topological polar surface area (TPSA) is 29.9 Å². The molecule has 116 valence electrons. The van der Waals surface area contributed by atoms with Gasteiger partial charge >= 0.3 is 0 Å². The molecule has 0 spiro atoms. The molecule has 21 heavy (non-hydrogen) atoms. The van der Waals surface area contributed by atoms with Gasteiger partial charge in [-0.3, -0.25) is 0 Å². The van der Waals surface area contributed by atoms with Gasteiger partial charge in [0.2, 0.25) is 0 Å². The summed E-state index contributed by atoms with van der Waals surface area (Å²) in [6, 6.07) is 5.11. The molecule has 0 radical (unpaired) electrons. The fraction of sp³-hybridized carbons (Fsp3) is 0.588. The highest BCUT2D eigenvalue weighted by Crippen LogP contribution is 2.26. The first-order valence-corrected chi connectivity index (χ1v) is 8.90. The smallest absolute Gasteiger partial charge is 0.131 e. The van der Waals surface area contributed by atoms with Gasteiger partial charge in [-0.05, 0) is 24.3 Å². The van der Waals surface area contributed by atoms with E-state index in [4.69, 9.17) is 0 Å². The fourth-order valence-corrected chi connectivity index (χ4v) is 3.52. The SMILES string of the molecule is CCCCC(CCC)NC(c1cccs1)c1nccn1C. The van der Waals surface area contributed by atoms with Crippen molar-refractivity contribution in [3.05, 3.63) is 40.6 Å². The van der Waals surface area contributed by atoms with Crippen molar-refractivity contribution in [2.45, 2.75) is 58.0 Å². The third kappa shape index (κ3) is 4.42. The van der Waals surface area contributed by atoms with Gasteiger partial charge in [-0.15, -0.1) is 11.3 Å². The molecule has 0 aliphatic carbocycles. The van der Waals surface area contributed by atoms with Crippen LogP contribution in [0.2, 0.25) is 0 Å². The Kier molecular flexibility index (Phi) is 6.46. The Morgan fingerprint density at radius 3 is 2.71 bits per heavy atom. The van der Waals surface area contributed by atoms with E-state index < -0.39 is 0 Å². The van der Waals surface area contributed by atoms with Crippen LogP contribution in [0.1, 0.15) is 62.7 Å². The summed E-state index contributed by atoms with van der Waals surface area (Å²) in [5, 5.41) is 6.01. The third-order valence-electron chi connectivity index (χ3n) is 3.89. The number of nitrogens with one attached hydrogen (secondary N) is 1. The summed E-state index contributed by atoms with van der Waals surface area (Å²) in [5.74, 6) is 1.11. The second kappa shape index (κ2) is 8.35. The zero-order chi connectivity index (χ0) is 15.1. The van der Waals surface area contributed by atoms with E-state index in [0.29, 0.717) is 6.04 Å². The molecule has 0 saturated heterocycles. The summed E-state index contributed by atoms with van der Waals surface area (Å²) in [7, 11) is 2.07. The molecule has 2 heterocycles. The van der Waals surface area contributed by atoms with Crippen LogP contribution < -0.4 is 5.32 Å². The van der Waals surface area contributed by atoms with E-state index in [1.807, 2.05) is 12.4 Å². The van der Waals surface area contributed by atoms with Crippen LogP contribution in [-0.2, 0) is 7.05 Å². The van der Waals surface area contributed by atoms with Crippen LogP contribution in [0.4, 0.5) is 0 Å². The van der Waals surface area contributed by atoms with Crippen LogP contribution in [-0.4, -0.2) is 15.6 Å². The monoisotopic (exact) mass is 305 g/mol. The highest BCUT2D eigenvalue weighted by atomic mass is 32.1. The lowest BCUT2D eigenvalue weighted by Crippen LogP contribution is -2.34. The van der Waals surface area contributed by atoms with Crippen LogP contribution in [0.25, 0.3) is 0 Å². The molecule has 2 aromatic rings. The summed E-state index contributed by atoms with van der Waals surface area (Å²) in [5.41, 5.74) is 0. The molecule has 4 heteroatoms. The molecular weight excluding hydrogens is 278 g/mol. The van der Waals surface area contributed by atoms with Crippen molar-refractivity contribution in [3.8, 4) is 0 Å². The Balaban J connectivity index is 2.17. The average Bonchev–Trinajstić information content (AvgIpc) is 3.13. The molecule has 0 aliphatic heterocycles. The maximum Gasteiger partial charge on any atom is 0.131 e. The van der Waals surface area contributed by atoms with Crippen molar-refractivity contribution in [3.63, 3.8) is 0 Å². The molecule has 2 unspecified atom stereocenters. The lowest BCUT2D eigenvalue weighted by molar-refractivity contribution is 0.399. The molecule has 3 nitrogen and oxygen atoms in total. The second-order valence-corrected chi connectivity index (χ2v) is 6.62. The van der Waals surface area contributed by atoms with E-state index in [1.165, 1.54) is 37.0 Å². The average molecular weight is 305 g/mol. The van der Waals surface area contributed by atoms with Crippen LogP contribution in [0, 0.1) is 0 Å². The van der Waals surface area contributed by atoms with E-state index >= 15 is 0 Å². The first-order chi connectivity index (χ1) is 10.3. The van der Waals surface area contributed by atoms with Crippen molar-refractivity contribution >= 4 is 11.3 Å². The summed E-state index contributed by atoms with van der Waals surface area (Å²) in [6.07, 6.45) is 10.2. The largest absolute Gasteiger partial charge is 0.336 e. The lowest BCUT2D eigenvalue weighted by atomic mass is 10.0. The highest BCUT2D eigenvalue weighted by molar-refractivity contribution is 7.10. The number of unbranched alkanes of at least 4 members (excludes halogenated alkanes) is 1. The van der Waals surface area contributed by atoms with Gasteiger partial charge < -0.3 is 9.88 Å². The quantitative estimate of drug-likeness (QED) is 0.738. The van der Waals surface area contributed by atoms with Crippen molar-refractivity contribution in [1.82, 2.24) is 14.9 Å². The molecule has 2 atom stereocenters. The Morgan fingerprint density at radius 2 is 2.14 bits per heavy atom. The Bertz CT molecular complexity index is 504. The van der Waals surface area contributed by atoms with Gasteiger partial charge in [-0.2, -0.15) is 0 Å². The highest BCUT2D eigenvalue weighted by Gasteiger charge is 2.22. The second-order valence-electron chi connectivity index (χ2n) is 5.64. The molecule has 1 N–H and O–H groups in total. The number of imidazole rings is 1. The molecule has 0 bridgehead atoms. The third-order valence-corrected chi connectivity index (χ3v) is 4.83. The normalized spacial score (nSPS) is 14.2. The van der Waals surface area contributed by atoms with Gasteiger partial charge in [0.05, 0.1) is 0 Å². The zero-order valence-corrected chi connectivity index (χ0v) is 14.2. The van der Waals surface area contributed by atoms with Gasteiger partial charge in [0.15, 0.2) is 0 Å². The van der Waals surface area contributed by atoms with Crippen molar-refractivity contribution in [2.24, 2.45) is 7.05 Å². The van der Waals surface area contributed by atoms with E-state index in [1.54, 1.807) is 11.3 Å². The molecule has 2 rings (SSSR count). The minimum Gasteiger partial charge on any atom is -0.336 e. The van der Waals surface area contributed by atoms with Gasteiger partial charge in [0, 0.05) is 30.4 Å². The first kappa shape index (κ1) is 16.2. The summed E-state index contributed by atoms with van der Waals surface area (Å²) in [4.78, 5) is 5.92. The molecule has 2 aromatic heterocycles. The van der Waals surface area contributed by atoms with Gasteiger partial charge in [-0.1, -0.05) is 39.2 Å². The van der Waals surface area contributed by atoms with Crippen LogP contribution in [0.5, 0.6) is 0 Å². The Morgan fingerprint density at radius 1 is 1.29 bits per heavy atom. The van der Waals surface area contributed by atoms with Crippen molar-refractivity contribution in [2.75, 3.05) is 0 Å². The van der Waals surface area contributed by atoms with E-state index in [0.717, 1.165) is 5.82 Å². The molecule has 0 aromatic carbocycles. The molecule has 0 aliphatic rings. The lowest BCUT2D eigenvalue weighted by Gasteiger charge is -2.25. The number of aryl methyl sites for hydroxylation is 1. The minimum absolute atomic E-state index is 0.207. The van der Waals surface area contributed by atoms with Crippen molar-refractivity contribution < 1.29 is 0 Å². The standard InChI is InChI=1S/C17H27N3S/c1-4-6-9-14(8-5-2)19-16(15-10-7-13-21-15)17-18-11-12-20(17)3/h7,10-14,16,19H,4-6,8-9H2,1-3H3. The van der Waals surface area contributed by atoms with Gasteiger partial charge in [0.1, 0.15) is 11.9 Å². The first-order valence-electron chi connectivity index (χ1n) is 8.02. The summed E-state index contributed by atoms with van der Waals surface area (Å²) >= 11 is 1.81. The number of hydrogen-bond acceptors (Lipinski definition) is 3. The van der Waals surface area contributed by atoms with Crippen LogP contribution in [0.15, 0.2) is 29.9 Å². The predicted octanol–water partition coefficient (Wildman–Crippen LogP) is 4.52. The number of aromatic nitrogens is 2. The summed E-state index contributed by atoms with van der Waals surface area (Å²) in [6.45, 7) is 4.53. The van der Waals surface area contributed by atoms with Crippen molar-refractivity contribution in [1.29, 1.82) is 0 Å². The Labute approximate surface area is 132 Å². The Hall–Kier alpha value is -1.13. The van der Waals surface area contributed by atoms with E-state index in [2.05, 4.69) is 53.3 Å². The van der Waals surface area contributed by atoms with E-state index in [-0.39, 0.29) is 6.04 Å². The fourth-order valence-electron chi connectivity index (χ4n) is 2.74. The number of hydrogen-bond donors (Lipinski definition) is 1. The van der Waals surface area contributed by atoms with Gasteiger partial charge in [0.25, 0.3) is 0 Å². The predicted molar refractivity (Wildman–Crippen MR) is 90.7 cm³/mol. The maximum atomic E-state index is 4.57. The van der Waals surface area contributed by atoms with Crippen LogP contribution >= 0.6 is 11.3 Å². The molecule has 0 amide bonds. The summed E-state index contributed by atoms with van der Waals surface area (Å²) < 4.78 is 2.13. The van der Waals surface area contributed by atoms with E-state index in [9.17, 15) is 0 Å². The zero-order valence-electron chi connectivity index (χ0n) is 13.4. The number of thiophene rings is 1. The molecular formula is C17H27N3S. The van der Waals surface area contributed by atoms with Crippen LogP contribution in [0.3, 0.4) is 0 Å². The molecule has 0 saturated carbocycles. The number of rotatable bonds is 9. The minimum atomic E-state index is 0.207. The molecule has 0 fully saturated rings. The maximum absolute atomic E-state index is 4.57.